The smallest absolute Gasteiger partial charge is 0.0468 e. The lowest BCUT2D eigenvalue weighted by Gasteiger charge is -2.27. The van der Waals surface area contributed by atoms with Gasteiger partial charge in [-0.3, -0.25) is 0 Å². The van der Waals surface area contributed by atoms with E-state index < -0.39 is 0 Å². The first-order valence-electron chi connectivity index (χ1n) is 23.9. The van der Waals surface area contributed by atoms with Gasteiger partial charge in [0, 0.05) is 22.5 Å². The molecule has 1 nitrogen and oxygen atoms in total. The molecule has 0 fully saturated rings. The molecule has 0 spiro atoms. The Morgan fingerprint density at radius 1 is 0.379 bits per heavy atom. The molecule has 3 aliphatic rings. The molecule has 0 saturated heterocycles. The van der Waals surface area contributed by atoms with Crippen LogP contribution in [0.5, 0.6) is 0 Å². The zero-order valence-corrected chi connectivity index (χ0v) is 38.6. The minimum absolute atomic E-state index is 0.0319. The van der Waals surface area contributed by atoms with Gasteiger partial charge in [-0.15, -0.1) is 0 Å². The lowest BCUT2D eigenvalue weighted by molar-refractivity contribution is 0.651. The van der Waals surface area contributed by atoms with Gasteiger partial charge in [-0.05, 0) is 157 Å². The van der Waals surface area contributed by atoms with Crippen LogP contribution < -0.4 is 4.90 Å². The van der Waals surface area contributed by atoms with E-state index in [4.69, 9.17) is 0 Å². The van der Waals surface area contributed by atoms with Gasteiger partial charge in [-0.1, -0.05) is 210 Å². The Hall–Kier alpha value is -7.48. The highest BCUT2D eigenvalue weighted by Crippen LogP contribution is 2.51. The van der Waals surface area contributed by atoms with Gasteiger partial charge in [-0.25, -0.2) is 0 Å². The van der Waals surface area contributed by atoms with Crippen molar-refractivity contribution in [2.75, 3.05) is 4.90 Å². The molecular formula is C65H57N. The van der Waals surface area contributed by atoms with Crippen molar-refractivity contribution in [1.82, 2.24) is 0 Å². The molecule has 11 rings (SSSR count). The third-order valence-electron chi connectivity index (χ3n) is 13.6. The number of nitrogens with zero attached hydrogens (tertiary/aromatic N) is 1. The van der Waals surface area contributed by atoms with E-state index in [2.05, 4.69) is 243 Å². The second-order valence-electron chi connectivity index (χ2n) is 17.9. The number of allylic oxidation sites excluding steroid dienone is 8. The average Bonchev–Trinajstić information content (AvgIpc) is 3.63. The van der Waals surface area contributed by atoms with Crippen molar-refractivity contribution in [3.8, 4) is 55.6 Å². The summed E-state index contributed by atoms with van der Waals surface area (Å²) in [6.45, 7) is 8.79. The second-order valence-corrected chi connectivity index (χ2v) is 17.9. The van der Waals surface area contributed by atoms with Crippen LogP contribution in [0.25, 0.3) is 66.8 Å². The lowest BCUT2D eigenvalue weighted by Crippen LogP contribution is -2.16. The van der Waals surface area contributed by atoms with Crippen LogP contribution in [0.1, 0.15) is 70.1 Å². The Balaban J connectivity index is 0.00000252. The van der Waals surface area contributed by atoms with Crippen molar-refractivity contribution in [3.63, 3.8) is 0 Å². The quantitative estimate of drug-likeness (QED) is 0.140. The maximum atomic E-state index is 2.47. The fraction of sp³-hybridized carbons (Fsp3) is 0.138. The molecule has 0 bridgehead atoms. The number of benzene rings is 8. The fourth-order valence-corrected chi connectivity index (χ4v) is 10.2. The molecule has 0 unspecified atom stereocenters. The largest absolute Gasteiger partial charge is 0.310 e. The van der Waals surface area contributed by atoms with E-state index in [1.165, 1.54) is 89.0 Å². The van der Waals surface area contributed by atoms with E-state index in [-0.39, 0.29) is 5.41 Å². The Kier molecular flexibility index (Phi) is 11.9. The van der Waals surface area contributed by atoms with Crippen molar-refractivity contribution < 1.29 is 0 Å². The first-order valence-corrected chi connectivity index (χ1v) is 23.9. The molecule has 1 heteroatoms. The van der Waals surface area contributed by atoms with Crippen LogP contribution in [0.3, 0.4) is 0 Å². The molecule has 0 amide bonds. The van der Waals surface area contributed by atoms with Gasteiger partial charge in [0.25, 0.3) is 0 Å². The zero-order valence-electron chi connectivity index (χ0n) is 38.6. The predicted octanol–water partition coefficient (Wildman–Crippen LogP) is 18.6. The molecule has 0 aromatic heterocycles. The highest BCUT2D eigenvalue weighted by Gasteiger charge is 2.37. The van der Waals surface area contributed by atoms with Crippen LogP contribution in [0.2, 0.25) is 0 Å². The van der Waals surface area contributed by atoms with Gasteiger partial charge in [0.15, 0.2) is 0 Å². The molecular weight excluding hydrogens is 795 g/mol. The summed E-state index contributed by atoms with van der Waals surface area (Å²) in [4.78, 5) is 2.41. The maximum Gasteiger partial charge on any atom is 0.0468 e. The van der Waals surface area contributed by atoms with Crippen molar-refractivity contribution >= 4 is 28.2 Å². The van der Waals surface area contributed by atoms with E-state index in [0.29, 0.717) is 0 Å². The lowest BCUT2D eigenvalue weighted by atomic mass is 9.79. The first-order chi connectivity index (χ1) is 32.5. The molecule has 0 saturated carbocycles. The van der Waals surface area contributed by atoms with E-state index in [9.17, 15) is 0 Å². The van der Waals surface area contributed by atoms with Gasteiger partial charge < -0.3 is 4.90 Å². The number of hydrogen-bond acceptors (Lipinski definition) is 1. The number of fused-ring (bicyclic) bond motifs is 2. The number of rotatable bonds is 9. The Morgan fingerprint density at radius 3 is 1.41 bits per heavy atom. The molecule has 3 aliphatic carbocycles. The van der Waals surface area contributed by atoms with Gasteiger partial charge in [0.2, 0.25) is 0 Å². The van der Waals surface area contributed by atoms with Crippen molar-refractivity contribution in [2.45, 2.75) is 58.8 Å². The summed E-state index contributed by atoms with van der Waals surface area (Å²) in [6.07, 6.45) is 16.1. The first kappa shape index (κ1) is 42.5. The fourth-order valence-electron chi connectivity index (χ4n) is 10.2. The van der Waals surface area contributed by atoms with Crippen LogP contribution in [-0.2, 0) is 5.41 Å². The Morgan fingerprint density at radius 2 is 0.848 bits per heavy atom. The minimum atomic E-state index is -0.0319. The number of anilines is 3. The van der Waals surface area contributed by atoms with Gasteiger partial charge in [0.1, 0.15) is 0 Å². The molecule has 0 heterocycles. The standard InChI is InChI=1S/C63H51N.C2H6/c1-63(2)61-21-13-12-20-58(61)59-40-34-53(42-62(59)63)57-41-39-56(43-60(57)52-18-10-5-11-19-52)64(54-35-30-50(31-36-54)48-26-22-46(23-27-48)44-14-6-3-7-15-44)55-37-32-51(33-38-55)49-28-24-47(25-29-49)45-16-8-4-9-17-45;1-2/h3,5-8,10-11,13-19,21-43H,4,9,12,20H2,1-2H3;1-2H3. The second kappa shape index (κ2) is 18.6. The third kappa shape index (κ3) is 8.23. The predicted molar refractivity (Wildman–Crippen MR) is 284 cm³/mol. The van der Waals surface area contributed by atoms with Crippen LogP contribution in [0.15, 0.2) is 230 Å². The molecule has 0 aliphatic heterocycles. The van der Waals surface area contributed by atoms with Gasteiger partial charge in [0.05, 0.1) is 0 Å². The highest BCUT2D eigenvalue weighted by atomic mass is 15.1. The summed E-state index contributed by atoms with van der Waals surface area (Å²) >= 11 is 0. The molecule has 66 heavy (non-hydrogen) atoms. The molecule has 0 N–H and O–H groups in total. The highest BCUT2D eigenvalue weighted by molar-refractivity contribution is 5.92. The minimum Gasteiger partial charge on any atom is -0.310 e. The Labute approximate surface area is 392 Å². The summed E-state index contributed by atoms with van der Waals surface area (Å²) in [5.41, 5.74) is 23.9. The van der Waals surface area contributed by atoms with E-state index in [0.717, 1.165) is 42.7 Å². The molecule has 0 atom stereocenters. The van der Waals surface area contributed by atoms with E-state index >= 15 is 0 Å². The average molecular weight is 852 g/mol. The van der Waals surface area contributed by atoms with Crippen molar-refractivity contribution in [2.24, 2.45) is 0 Å². The summed E-state index contributed by atoms with van der Waals surface area (Å²) in [5.74, 6) is 0. The molecule has 0 radical (unpaired) electrons. The number of hydrogen-bond donors (Lipinski definition) is 0. The SMILES string of the molecule is CC.CC1(C)C2=C(CCC=C2)c2ccc(-c3ccc(N(c4ccc(-c5ccc(C6=CCCC=C6)cc5)cc4)c4ccc(-c5ccc(-c6ccccc6)cc5)cc4)cc3-c3ccccc3)cc21. The summed E-state index contributed by atoms with van der Waals surface area (Å²) in [7, 11) is 0. The molecule has 8 aromatic carbocycles. The van der Waals surface area contributed by atoms with Gasteiger partial charge >= 0.3 is 0 Å². The van der Waals surface area contributed by atoms with Crippen LogP contribution in [0, 0.1) is 0 Å². The van der Waals surface area contributed by atoms with E-state index in [1.807, 2.05) is 13.8 Å². The van der Waals surface area contributed by atoms with Gasteiger partial charge in [-0.2, -0.15) is 0 Å². The molecule has 322 valence electrons. The van der Waals surface area contributed by atoms with Crippen LogP contribution in [-0.4, -0.2) is 0 Å². The topological polar surface area (TPSA) is 3.24 Å². The summed E-state index contributed by atoms with van der Waals surface area (Å²) in [5, 5.41) is 0. The third-order valence-corrected chi connectivity index (χ3v) is 13.6. The Bertz CT molecular complexity index is 3110. The van der Waals surface area contributed by atoms with Crippen molar-refractivity contribution in [3.05, 3.63) is 247 Å². The van der Waals surface area contributed by atoms with Crippen LogP contribution >= 0.6 is 0 Å². The summed E-state index contributed by atoms with van der Waals surface area (Å²) in [6, 6.07) is 71.8. The van der Waals surface area contributed by atoms with Crippen LogP contribution in [0.4, 0.5) is 17.1 Å². The zero-order chi connectivity index (χ0) is 45.0. The van der Waals surface area contributed by atoms with Crippen molar-refractivity contribution in [1.29, 1.82) is 0 Å². The maximum absolute atomic E-state index is 2.47. The summed E-state index contributed by atoms with van der Waals surface area (Å²) < 4.78 is 0. The monoisotopic (exact) mass is 851 g/mol. The van der Waals surface area contributed by atoms with E-state index in [1.54, 1.807) is 0 Å². The normalized spacial score (nSPS) is 14.5. The molecule has 8 aromatic rings.